The highest BCUT2D eigenvalue weighted by molar-refractivity contribution is 6.18. The van der Waals surface area contributed by atoms with Gasteiger partial charge < -0.3 is 18.3 Å². The second kappa shape index (κ2) is 18.5. The number of rotatable bonds is 2. The Morgan fingerprint density at radius 2 is 0.473 bits per heavy atom. The maximum Gasteiger partial charge on any atom is 0.0951 e. The monoisotopic (exact) mass is 1200 g/mol. The molecule has 4 heteroatoms. The van der Waals surface area contributed by atoms with Crippen LogP contribution < -0.4 is 0 Å². The fourth-order valence-corrected chi connectivity index (χ4v) is 15.7. The van der Waals surface area contributed by atoms with Gasteiger partial charge in [0.25, 0.3) is 0 Å². The van der Waals surface area contributed by atoms with Crippen molar-refractivity contribution in [3.8, 4) is 22.7 Å². The van der Waals surface area contributed by atoms with Crippen molar-refractivity contribution in [1.82, 2.24) is 18.3 Å². The van der Waals surface area contributed by atoms with E-state index in [1.54, 1.807) is 0 Å². The first-order valence-corrected chi connectivity index (χ1v) is 33.9. The predicted molar refractivity (Wildman–Crippen MR) is 394 cm³/mol. The maximum absolute atomic E-state index is 2.79. The highest BCUT2D eigenvalue weighted by Gasteiger charge is 2.44. The molecule has 0 saturated heterocycles. The summed E-state index contributed by atoms with van der Waals surface area (Å²) in [7, 11) is 0. The van der Waals surface area contributed by atoms with Crippen LogP contribution in [0.4, 0.5) is 0 Å². The van der Waals surface area contributed by atoms with E-state index in [2.05, 4.69) is 324 Å². The second-order valence-corrected chi connectivity index (χ2v) is 36.1. The summed E-state index contributed by atoms with van der Waals surface area (Å²) in [6.45, 7) is 57.0. The van der Waals surface area contributed by atoms with E-state index in [1.165, 1.54) is 165 Å². The van der Waals surface area contributed by atoms with Crippen molar-refractivity contribution in [2.45, 2.75) is 215 Å². The van der Waals surface area contributed by atoms with Gasteiger partial charge in [-0.2, -0.15) is 0 Å². The lowest BCUT2D eigenvalue weighted by Gasteiger charge is -2.39. The third-order valence-corrected chi connectivity index (χ3v) is 21.4. The minimum Gasteiger partial charge on any atom is -0.308 e. The molecule has 0 saturated carbocycles. The largest absolute Gasteiger partial charge is 0.308 e. The van der Waals surface area contributed by atoms with Crippen LogP contribution in [-0.2, 0) is 43.3 Å². The van der Waals surface area contributed by atoms with Crippen molar-refractivity contribution >= 4 is 87.2 Å². The van der Waals surface area contributed by atoms with Crippen molar-refractivity contribution in [3.63, 3.8) is 0 Å². The normalized spacial score (nSPS) is 15.1. The van der Waals surface area contributed by atoms with Crippen LogP contribution in [0.3, 0.4) is 0 Å². The average molecular weight is 1200 g/mol. The quantitative estimate of drug-likeness (QED) is 0.164. The summed E-state index contributed by atoms with van der Waals surface area (Å²) < 4.78 is 11.0. The Kier molecular flexibility index (Phi) is 12.1. The fourth-order valence-electron chi connectivity index (χ4n) is 15.7. The van der Waals surface area contributed by atoms with Crippen LogP contribution in [0.2, 0.25) is 0 Å². The molecule has 4 nitrogen and oxygen atoms in total. The van der Waals surface area contributed by atoms with E-state index in [0.29, 0.717) is 0 Å². The zero-order valence-corrected chi connectivity index (χ0v) is 59.1. The third-order valence-electron chi connectivity index (χ3n) is 21.4. The van der Waals surface area contributed by atoms with Crippen molar-refractivity contribution in [2.24, 2.45) is 0 Å². The van der Waals surface area contributed by atoms with E-state index >= 15 is 0 Å². The number of hydrogen-bond acceptors (Lipinski definition) is 0. The van der Waals surface area contributed by atoms with E-state index in [0.717, 1.165) is 5.69 Å². The molecular weight excluding hydrogens is 1100 g/mol. The van der Waals surface area contributed by atoms with E-state index in [9.17, 15) is 0 Å². The number of nitrogens with zero attached hydrogens (tertiary/aromatic N) is 4. The molecule has 0 amide bonds. The number of aromatic nitrogens is 4. The van der Waals surface area contributed by atoms with Crippen molar-refractivity contribution in [2.75, 3.05) is 0 Å². The lowest BCUT2D eigenvalue weighted by molar-refractivity contribution is 0.588. The van der Waals surface area contributed by atoms with Gasteiger partial charge in [-0.15, -0.1) is 0 Å². The van der Waals surface area contributed by atoms with Gasteiger partial charge in [0.1, 0.15) is 0 Å². The molecule has 0 radical (unpaired) electrons. The molecule has 1 unspecified atom stereocenters. The summed E-state index contributed by atoms with van der Waals surface area (Å²) in [4.78, 5) is 0. The van der Waals surface area contributed by atoms with Crippen LogP contribution in [0.25, 0.3) is 110 Å². The van der Waals surface area contributed by atoms with Gasteiger partial charge in [0.05, 0.1) is 66.9 Å². The van der Waals surface area contributed by atoms with E-state index in [-0.39, 0.29) is 49.2 Å². The SMILES string of the molecule is CC(C)(C)c1ccc2c(c1)c1cc(C(C)(C)C)ccc1n2-c1cc2c3c(c1-n1c4ccc(C(C)(C)C)cc4c4cc(C(C)(C)C)ccc41)-n1c4ccc(C(C)(C)C)cc4c4cc(C(C)(C)C)cc(c41)C3c1cc(C(C)(C)C)cc3c4cc(C(C)(C)C)ccc4n-2c13. The van der Waals surface area contributed by atoms with Crippen molar-refractivity contribution in [3.05, 3.63) is 201 Å². The van der Waals surface area contributed by atoms with Gasteiger partial charge in [-0.1, -0.05) is 215 Å². The Hall–Kier alpha value is -7.82. The van der Waals surface area contributed by atoms with Crippen LogP contribution >= 0.6 is 0 Å². The molecule has 15 rings (SSSR count). The summed E-state index contributed by atoms with van der Waals surface area (Å²) in [5.74, 6) is -0.125. The van der Waals surface area contributed by atoms with Gasteiger partial charge in [-0.05, 0) is 190 Å². The van der Waals surface area contributed by atoms with Crippen LogP contribution in [-0.4, -0.2) is 18.3 Å². The number of fused-ring (bicyclic) bond motifs is 16. The molecule has 2 aliphatic heterocycles. The van der Waals surface area contributed by atoms with Gasteiger partial charge >= 0.3 is 0 Å². The van der Waals surface area contributed by atoms with Gasteiger partial charge in [0, 0.05) is 54.6 Å². The molecule has 0 bridgehead atoms. The smallest absolute Gasteiger partial charge is 0.0951 e. The first-order chi connectivity index (χ1) is 42.2. The molecule has 0 fully saturated rings. The van der Waals surface area contributed by atoms with E-state index in [1.807, 2.05) is 0 Å². The summed E-state index contributed by atoms with van der Waals surface area (Å²) in [6.07, 6.45) is 0. The predicted octanol–water partition coefficient (Wildman–Crippen LogP) is 24.3. The van der Waals surface area contributed by atoms with Crippen LogP contribution in [0.1, 0.15) is 233 Å². The van der Waals surface area contributed by atoms with Crippen LogP contribution in [0.5, 0.6) is 0 Å². The third kappa shape index (κ3) is 8.72. The minimum absolute atomic E-state index is 0.0534. The molecule has 0 aliphatic carbocycles. The first kappa shape index (κ1) is 59.5. The van der Waals surface area contributed by atoms with Crippen LogP contribution in [0.15, 0.2) is 140 Å². The lowest BCUT2D eigenvalue weighted by Crippen LogP contribution is -2.26. The van der Waals surface area contributed by atoms with Gasteiger partial charge in [0.2, 0.25) is 0 Å². The Morgan fingerprint density at radius 3 is 0.780 bits per heavy atom. The lowest BCUT2D eigenvalue weighted by atomic mass is 9.73. The molecule has 2 aliphatic rings. The topological polar surface area (TPSA) is 19.7 Å². The molecule has 464 valence electrons. The minimum atomic E-state index is -0.134. The second-order valence-electron chi connectivity index (χ2n) is 36.1. The standard InChI is InChI=1S/C87H96N4/c1-80(2,3)48-25-31-66-56(37-48)57-38-49(81(4,5)6)26-32-67(57)88(66)73-47-72-75-74(64-45-54(86(19,20)21)43-62-60-41-52(84(13,14)15)29-35-70(60)90(72)76(62)64)65-46-55(87(22,23)24)44-63-61-42-53(85(16,17)18)30-36-71(61)91(77(63)65)79(75)78(73)89-68-33-27-50(82(7,8)9)39-58(68)59-40-51(83(10,11)12)28-34-69(59)89/h25-47,74H,1-24H3. The molecule has 0 spiro atoms. The molecule has 6 heterocycles. The maximum atomic E-state index is 2.79. The van der Waals surface area contributed by atoms with E-state index in [4.69, 9.17) is 0 Å². The Labute approximate surface area is 541 Å². The molecule has 1 atom stereocenters. The highest BCUT2D eigenvalue weighted by atomic mass is 15.1. The van der Waals surface area contributed by atoms with Crippen LogP contribution in [0, 0.1) is 0 Å². The number of benzene rings is 9. The Balaban J connectivity index is 1.27. The summed E-state index contributed by atoms with van der Waals surface area (Å²) >= 11 is 0. The number of hydrogen-bond donors (Lipinski definition) is 0. The summed E-state index contributed by atoms with van der Waals surface area (Å²) in [5.41, 5.74) is 29.0. The van der Waals surface area contributed by atoms with Crippen molar-refractivity contribution in [1.29, 1.82) is 0 Å². The fraction of sp³-hybridized carbons (Fsp3) is 0.379. The van der Waals surface area contributed by atoms with Gasteiger partial charge in [-0.3, -0.25) is 0 Å². The molecule has 91 heavy (non-hydrogen) atoms. The molecule has 13 aromatic rings. The highest BCUT2D eigenvalue weighted by Crippen LogP contribution is 2.59. The summed E-state index contributed by atoms with van der Waals surface area (Å²) in [6, 6.07) is 57.7. The Morgan fingerprint density at radius 1 is 0.220 bits per heavy atom. The average Bonchev–Trinajstić information content (AvgIpc) is 1.57. The summed E-state index contributed by atoms with van der Waals surface area (Å²) in [5, 5.41) is 10.4. The zero-order valence-electron chi connectivity index (χ0n) is 59.1. The molecular formula is C87H96N4. The Bertz CT molecular complexity index is 5190. The van der Waals surface area contributed by atoms with Gasteiger partial charge in [0.15, 0.2) is 0 Å². The molecule has 0 N–H and O–H groups in total. The molecule has 4 aromatic heterocycles. The first-order valence-electron chi connectivity index (χ1n) is 33.9. The van der Waals surface area contributed by atoms with Crippen molar-refractivity contribution < 1.29 is 0 Å². The molecule has 9 aromatic carbocycles. The van der Waals surface area contributed by atoms with Gasteiger partial charge in [-0.25, -0.2) is 0 Å². The van der Waals surface area contributed by atoms with E-state index < -0.39 is 0 Å². The zero-order chi connectivity index (χ0) is 65.0.